The summed E-state index contributed by atoms with van der Waals surface area (Å²) in [6.45, 7) is 2.06. The maximum Gasteiger partial charge on any atom is 0.215 e. The number of aromatic nitrogens is 1. The molecule has 0 aliphatic carbocycles. The molecule has 1 aromatic heterocycles. The van der Waals surface area contributed by atoms with Gasteiger partial charge in [-0.1, -0.05) is 28.1 Å². The first kappa shape index (κ1) is 13.7. The first-order chi connectivity index (χ1) is 9.10. The number of nitrogens with one attached hydrogen (secondary N) is 1. The van der Waals surface area contributed by atoms with E-state index >= 15 is 0 Å². The van der Waals surface area contributed by atoms with Gasteiger partial charge in [0.15, 0.2) is 5.82 Å². The summed E-state index contributed by atoms with van der Waals surface area (Å²) < 4.78 is 6.16. The standard InChI is InChI=1S/C14H16BrN3O/c1-9(10-3-5-11(15)6-4-10)17-14-12(16)7-8-13(18-14)19-2/h3-9H,16H2,1-2H3,(H,17,18). The normalized spacial score (nSPS) is 11.9. The van der Waals surface area contributed by atoms with Crippen molar-refractivity contribution in [1.82, 2.24) is 4.98 Å². The molecule has 0 fully saturated rings. The summed E-state index contributed by atoms with van der Waals surface area (Å²) >= 11 is 3.42. The van der Waals surface area contributed by atoms with Gasteiger partial charge in [0.1, 0.15) is 0 Å². The highest BCUT2D eigenvalue weighted by molar-refractivity contribution is 9.10. The van der Waals surface area contributed by atoms with Crippen LogP contribution >= 0.6 is 15.9 Å². The van der Waals surface area contributed by atoms with Crippen LogP contribution in [-0.2, 0) is 0 Å². The van der Waals surface area contributed by atoms with Gasteiger partial charge in [-0.3, -0.25) is 0 Å². The van der Waals surface area contributed by atoms with E-state index in [1.54, 1.807) is 19.2 Å². The summed E-state index contributed by atoms with van der Waals surface area (Å²) in [6, 6.07) is 11.8. The van der Waals surface area contributed by atoms with Gasteiger partial charge in [-0.15, -0.1) is 0 Å². The van der Waals surface area contributed by atoms with Crippen LogP contribution < -0.4 is 15.8 Å². The fourth-order valence-electron chi connectivity index (χ4n) is 1.72. The number of methoxy groups -OCH3 is 1. The Morgan fingerprint density at radius 2 is 1.89 bits per heavy atom. The van der Waals surface area contributed by atoms with E-state index < -0.39 is 0 Å². The van der Waals surface area contributed by atoms with Gasteiger partial charge in [-0.25, -0.2) is 0 Å². The Morgan fingerprint density at radius 1 is 1.21 bits per heavy atom. The zero-order chi connectivity index (χ0) is 13.8. The van der Waals surface area contributed by atoms with Crippen molar-refractivity contribution in [2.24, 2.45) is 0 Å². The Labute approximate surface area is 121 Å². The molecule has 0 spiro atoms. The summed E-state index contributed by atoms with van der Waals surface area (Å²) in [6.07, 6.45) is 0. The lowest BCUT2D eigenvalue weighted by Gasteiger charge is -2.17. The SMILES string of the molecule is COc1ccc(N)c(NC(C)c2ccc(Br)cc2)n1. The van der Waals surface area contributed by atoms with Crippen molar-refractivity contribution < 1.29 is 4.74 Å². The maximum absolute atomic E-state index is 5.91. The minimum atomic E-state index is 0.106. The molecule has 0 bridgehead atoms. The maximum atomic E-state index is 5.91. The van der Waals surface area contributed by atoms with Gasteiger partial charge in [-0.2, -0.15) is 4.98 Å². The van der Waals surface area contributed by atoms with Crippen LogP contribution in [0.25, 0.3) is 0 Å². The van der Waals surface area contributed by atoms with Gasteiger partial charge in [-0.05, 0) is 30.7 Å². The molecule has 0 saturated heterocycles. The van der Waals surface area contributed by atoms with Crippen LogP contribution in [0.1, 0.15) is 18.5 Å². The Morgan fingerprint density at radius 3 is 2.53 bits per heavy atom. The van der Waals surface area contributed by atoms with Crippen LogP contribution in [0.2, 0.25) is 0 Å². The number of ether oxygens (including phenoxy) is 1. The molecule has 0 aliphatic heterocycles. The zero-order valence-electron chi connectivity index (χ0n) is 10.9. The molecule has 0 saturated carbocycles. The number of hydrogen-bond donors (Lipinski definition) is 2. The molecule has 4 nitrogen and oxygen atoms in total. The summed E-state index contributed by atoms with van der Waals surface area (Å²) in [5.74, 6) is 1.18. The molecule has 100 valence electrons. The smallest absolute Gasteiger partial charge is 0.215 e. The number of nitrogens with zero attached hydrogens (tertiary/aromatic N) is 1. The van der Waals surface area contributed by atoms with Crippen molar-refractivity contribution in [2.45, 2.75) is 13.0 Å². The van der Waals surface area contributed by atoms with Crippen molar-refractivity contribution in [3.63, 3.8) is 0 Å². The number of benzene rings is 1. The van der Waals surface area contributed by atoms with E-state index in [1.165, 1.54) is 0 Å². The molecule has 0 radical (unpaired) electrons. The highest BCUT2D eigenvalue weighted by Crippen LogP contribution is 2.25. The van der Waals surface area contributed by atoms with Crippen LogP contribution in [0.4, 0.5) is 11.5 Å². The Kier molecular flexibility index (Phi) is 4.27. The van der Waals surface area contributed by atoms with Crippen molar-refractivity contribution in [2.75, 3.05) is 18.2 Å². The summed E-state index contributed by atoms with van der Waals surface area (Å²) in [7, 11) is 1.58. The van der Waals surface area contributed by atoms with E-state index in [-0.39, 0.29) is 6.04 Å². The average molecular weight is 322 g/mol. The lowest BCUT2D eigenvalue weighted by atomic mass is 10.1. The zero-order valence-corrected chi connectivity index (χ0v) is 12.4. The molecule has 1 unspecified atom stereocenters. The van der Waals surface area contributed by atoms with Crippen LogP contribution in [0.5, 0.6) is 5.88 Å². The molecular formula is C14H16BrN3O. The summed E-state index contributed by atoms with van der Waals surface area (Å²) in [5.41, 5.74) is 7.67. The van der Waals surface area contributed by atoms with Gasteiger partial charge >= 0.3 is 0 Å². The number of rotatable bonds is 4. The van der Waals surface area contributed by atoms with Crippen LogP contribution in [0.15, 0.2) is 40.9 Å². The van der Waals surface area contributed by atoms with E-state index in [9.17, 15) is 0 Å². The molecule has 5 heteroatoms. The van der Waals surface area contributed by atoms with Crippen molar-refractivity contribution >= 4 is 27.4 Å². The molecule has 2 aromatic rings. The average Bonchev–Trinajstić information content (AvgIpc) is 2.42. The second kappa shape index (κ2) is 5.93. The number of anilines is 2. The second-order valence-corrected chi connectivity index (χ2v) is 5.12. The first-order valence-electron chi connectivity index (χ1n) is 5.92. The van der Waals surface area contributed by atoms with Crippen LogP contribution in [-0.4, -0.2) is 12.1 Å². The minimum Gasteiger partial charge on any atom is -0.481 e. The van der Waals surface area contributed by atoms with Gasteiger partial charge in [0.25, 0.3) is 0 Å². The third-order valence-electron chi connectivity index (χ3n) is 2.83. The third kappa shape index (κ3) is 3.38. The lowest BCUT2D eigenvalue weighted by molar-refractivity contribution is 0.398. The molecule has 1 aromatic carbocycles. The number of nitrogens with two attached hydrogens (primary N) is 1. The fraction of sp³-hybridized carbons (Fsp3) is 0.214. The Balaban J connectivity index is 2.18. The van der Waals surface area contributed by atoms with E-state index in [0.717, 1.165) is 10.0 Å². The van der Waals surface area contributed by atoms with Crippen molar-refractivity contribution in [3.05, 3.63) is 46.4 Å². The highest BCUT2D eigenvalue weighted by atomic mass is 79.9. The van der Waals surface area contributed by atoms with Crippen LogP contribution in [0.3, 0.4) is 0 Å². The first-order valence-corrected chi connectivity index (χ1v) is 6.72. The quantitative estimate of drug-likeness (QED) is 0.903. The van der Waals surface area contributed by atoms with Gasteiger partial charge in [0.05, 0.1) is 18.8 Å². The number of hydrogen-bond acceptors (Lipinski definition) is 4. The molecule has 3 N–H and O–H groups in total. The third-order valence-corrected chi connectivity index (χ3v) is 3.36. The second-order valence-electron chi connectivity index (χ2n) is 4.21. The van der Waals surface area contributed by atoms with E-state index in [1.807, 2.05) is 12.1 Å². The number of pyridine rings is 1. The van der Waals surface area contributed by atoms with Gasteiger partial charge in [0, 0.05) is 10.5 Å². The summed E-state index contributed by atoms with van der Waals surface area (Å²) in [5, 5.41) is 3.29. The molecular weight excluding hydrogens is 306 g/mol. The van der Waals surface area contributed by atoms with Crippen molar-refractivity contribution in [3.8, 4) is 5.88 Å². The van der Waals surface area contributed by atoms with E-state index in [0.29, 0.717) is 17.4 Å². The minimum absolute atomic E-state index is 0.106. The van der Waals surface area contributed by atoms with Gasteiger partial charge < -0.3 is 15.8 Å². The van der Waals surface area contributed by atoms with E-state index in [2.05, 4.69) is 45.3 Å². The molecule has 0 amide bonds. The Hall–Kier alpha value is -1.75. The van der Waals surface area contributed by atoms with Crippen LogP contribution in [0, 0.1) is 0 Å². The Bertz CT molecular complexity index is 557. The molecule has 2 rings (SSSR count). The predicted molar refractivity (Wildman–Crippen MR) is 81.4 cm³/mol. The number of halogens is 1. The van der Waals surface area contributed by atoms with E-state index in [4.69, 9.17) is 10.5 Å². The largest absolute Gasteiger partial charge is 0.481 e. The summed E-state index contributed by atoms with van der Waals surface area (Å²) in [4.78, 5) is 4.31. The molecule has 19 heavy (non-hydrogen) atoms. The molecule has 0 aliphatic rings. The van der Waals surface area contributed by atoms with Crippen molar-refractivity contribution in [1.29, 1.82) is 0 Å². The molecule has 1 atom stereocenters. The monoisotopic (exact) mass is 321 g/mol. The predicted octanol–water partition coefficient (Wildman–Crippen LogP) is 3.61. The number of nitrogen functional groups attached to an aromatic ring is 1. The fourth-order valence-corrected chi connectivity index (χ4v) is 1.99. The highest BCUT2D eigenvalue weighted by Gasteiger charge is 2.09. The van der Waals surface area contributed by atoms with Gasteiger partial charge in [0.2, 0.25) is 5.88 Å². The molecule has 1 heterocycles. The lowest BCUT2D eigenvalue weighted by Crippen LogP contribution is -2.10. The topological polar surface area (TPSA) is 60.2 Å².